The van der Waals surface area contributed by atoms with Crippen molar-refractivity contribution in [1.82, 2.24) is 5.32 Å². The minimum Gasteiger partial charge on any atom is -0.409 e. The molecule has 0 aromatic heterocycles. The molecule has 3 unspecified atom stereocenters. The van der Waals surface area contributed by atoms with E-state index in [-0.39, 0.29) is 11.7 Å². The average molecular weight is 265 g/mol. The van der Waals surface area contributed by atoms with Gasteiger partial charge in [0.15, 0.2) is 5.84 Å². The predicted octanol–water partition coefficient (Wildman–Crippen LogP) is 1.45. The number of nitrogens with zero attached hydrogens (tertiary/aromatic N) is 1. The fourth-order valence-corrected chi connectivity index (χ4v) is 4.46. The molecule has 5 heteroatoms. The molecule has 3 atom stereocenters. The number of fused-ring (bicyclic) bond motifs is 2. The number of carbonyl (C=O) groups is 1. The van der Waals surface area contributed by atoms with Gasteiger partial charge in [0.1, 0.15) is 5.41 Å². The Kier molecular flexibility index (Phi) is 2.95. The minimum absolute atomic E-state index is 0.0292. The molecule has 3 saturated carbocycles. The topological polar surface area (TPSA) is 87.7 Å². The molecule has 5 nitrogen and oxygen atoms in total. The lowest BCUT2D eigenvalue weighted by Crippen LogP contribution is -2.58. The molecular weight excluding hydrogens is 242 g/mol. The van der Waals surface area contributed by atoms with Crippen molar-refractivity contribution in [1.29, 1.82) is 0 Å². The van der Waals surface area contributed by atoms with Gasteiger partial charge >= 0.3 is 0 Å². The van der Waals surface area contributed by atoms with Crippen LogP contribution in [0.15, 0.2) is 5.16 Å². The summed E-state index contributed by atoms with van der Waals surface area (Å²) in [6, 6.07) is 0.311. The first-order valence-corrected chi connectivity index (χ1v) is 7.34. The molecule has 4 N–H and O–H groups in total. The third-order valence-electron chi connectivity index (χ3n) is 5.48. The minimum atomic E-state index is -0.754. The Labute approximate surface area is 113 Å². The van der Waals surface area contributed by atoms with Crippen LogP contribution in [0.25, 0.3) is 0 Å². The maximum absolute atomic E-state index is 12.5. The van der Waals surface area contributed by atoms with Gasteiger partial charge in [0.2, 0.25) is 5.91 Å². The zero-order valence-corrected chi connectivity index (χ0v) is 11.4. The first kappa shape index (κ1) is 12.8. The van der Waals surface area contributed by atoms with Crippen LogP contribution in [0.1, 0.15) is 45.4 Å². The SMILES string of the molecule is CC1CC(C(=O)NC2CC3CCC2C3)(C(N)=NO)C1. The van der Waals surface area contributed by atoms with Crippen LogP contribution in [-0.4, -0.2) is 23.0 Å². The molecule has 3 aliphatic rings. The van der Waals surface area contributed by atoms with E-state index < -0.39 is 5.41 Å². The molecule has 0 aromatic carbocycles. The maximum atomic E-state index is 12.5. The second-order valence-electron chi connectivity index (χ2n) is 6.84. The van der Waals surface area contributed by atoms with Crippen molar-refractivity contribution in [2.75, 3.05) is 0 Å². The van der Waals surface area contributed by atoms with Gasteiger partial charge in [-0.25, -0.2) is 0 Å². The Bertz CT molecular complexity index is 415. The quantitative estimate of drug-likeness (QED) is 0.312. The first-order valence-electron chi connectivity index (χ1n) is 7.34. The Morgan fingerprint density at radius 2 is 2.11 bits per heavy atom. The van der Waals surface area contributed by atoms with E-state index in [1.165, 1.54) is 19.3 Å². The summed E-state index contributed by atoms with van der Waals surface area (Å²) in [5.41, 5.74) is 5.01. The van der Waals surface area contributed by atoms with Gasteiger partial charge in [0.05, 0.1) is 0 Å². The highest BCUT2D eigenvalue weighted by atomic mass is 16.4. The standard InChI is InChI=1S/C14H23N3O2/c1-8-6-14(7-8,12(15)17-19)13(18)16-11-5-9-2-3-10(11)4-9/h8-11,19H,2-7H2,1H3,(H2,15,17)(H,16,18). The number of amides is 1. The molecule has 0 aliphatic heterocycles. The molecule has 0 spiro atoms. The Hall–Kier alpha value is -1.26. The van der Waals surface area contributed by atoms with E-state index in [0.717, 1.165) is 12.3 Å². The second kappa shape index (κ2) is 4.39. The molecule has 2 bridgehead atoms. The number of amidine groups is 1. The van der Waals surface area contributed by atoms with Crippen LogP contribution in [0, 0.1) is 23.2 Å². The molecule has 3 aliphatic carbocycles. The fourth-order valence-electron chi connectivity index (χ4n) is 4.46. The summed E-state index contributed by atoms with van der Waals surface area (Å²) in [5.74, 6) is 1.96. The third-order valence-corrected chi connectivity index (χ3v) is 5.48. The van der Waals surface area contributed by atoms with Crippen LogP contribution in [0.5, 0.6) is 0 Å². The van der Waals surface area contributed by atoms with E-state index in [0.29, 0.717) is 30.7 Å². The van der Waals surface area contributed by atoms with Gasteiger partial charge in [0.25, 0.3) is 0 Å². The smallest absolute Gasteiger partial charge is 0.234 e. The highest BCUT2D eigenvalue weighted by molar-refractivity contribution is 6.07. The molecule has 19 heavy (non-hydrogen) atoms. The lowest BCUT2D eigenvalue weighted by Gasteiger charge is -2.44. The highest BCUT2D eigenvalue weighted by Gasteiger charge is 2.53. The summed E-state index contributed by atoms with van der Waals surface area (Å²) in [5, 5.41) is 15.2. The Morgan fingerprint density at radius 3 is 2.58 bits per heavy atom. The van der Waals surface area contributed by atoms with Crippen molar-refractivity contribution in [2.24, 2.45) is 34.1 Å². The number of hydrogen-bond acceptors (Lipinski definition) is 3. The van der Waals surface area contributed by atoms with Gasteiger partial charge in [-0.2, -0.15) is 0 Å². The summed E-state index contributed by atoms with van der Waals surface area (Å²) in [7, 11) is 0. The predicted molar refractivity (Wildman–Crippen MR) is 71.6 cm³/mol. The maximum Gasteiger partial charge on any atom is 0.234 e. The van der Waals surface area contributed by atoms with Gasteiger partial charge in [-0.05, 0) is 49.9 Å². The number of nitrogens with two attached hydrogens (primary N) is 1. The first-order chi connectivity index (χ1) is 9.05. The molecule has 0 saturated heterocycles. The summed E-state index contributed by atoms with van der Waals surface area (Å²) in [4.78, 5) is 12.5. The molecular formula is C14H23N3O2. The van der Waals surface area contributed by atoms with Crippen LogP contribution in [0.2, 0.25) is 0 Å². The lowest BCUT2D eigenvalue weighted by molar-refractivity contribution is -0.134. The molecule has 0 aromatic rings. The molecule has 0 heterocycles. The van der Waals surface area contributed by atoms with Crippen LogP contribution in [0.3, 0.4) is 0 Å². The van der Waals surface area contributed by atoms with E-state index >= 15 is 0 Å². The second-order valence-corrected chi connectivity index (χ2v) is 6.84. The summed E-state index contributed by atoms with van der Waals surface area (Å²) < 4.78 is 0. The third kappa shape index (κ3) is 1.90. The van der Waals surface area contributed by atoms with E-state index in [1.54, 1.807) is 0 Å². The molecule has 3 fully saturated rings. The number of carbonyl (C=O) groups excluding carboxylic acids is 1. The van der Waals surface area contributed by atoms with Gasteiger partial charge < -0.3 is 16.3 Å². The number of hydrogen-bond donors (Lipinski definition) is 3. The molecule has 106 valence electrons. The lowest BCUT2D eigenvalue weighted by atomic mass is 9.61. The van der Waals surface area contributed by atoms with Crippen LogP contribution < -0.4 is 11.1 Å². The zero-order chi connectivity index (χ0) is 13.6. The van der Waals surface area contributed by atoms with Crippen molar-refractivity contribution < 1.29 is 10.0 Å². The summed E-state index contributed by atoms with van der Waals surface area (Å²) in [6.07, 6.45) is 6.31. The average Bonchev–Trinajstić information content (AvgIpc) is 2.95. The van der Waals surface area contributed by atoms with Crippen molar-refractivity contribution in [3.05, 3.63) is 0 Å². The monoisotopic (exact) mass is 265 g/mol. The molecule has 1 amide bonds. The highest BCUT2D eigenvalue weighted by Crippen LogP contribution is 2.48. The van der Waals surface area contributed by atoms with E-state index in [4.69, 9.17) is 10.9 Å². The van der Waals surface area contributed by atoms with Gasteiger partial charge in [-0.1, -0.05) is 18.5 Å². The molecule has 0 radical (unpaired) electrons. The largest absolute Gasteiger partial charge is 0.409 e. The summed E-state index contributed by atoms with van der Waals surface area (Å²) in [6.45, 7) is 2.09. The number of rotatable bonds is 3. The van der Waals surface area contributed by atoms with E-state index in [1.807, 2.05) is 0 Å². The van der Waals surface area contributed by atoms with E-state index in [9.17, 15) is 4.79 Å². The van der Waals surface area contributed by atoms with Crippen molar-refractivity contribution in [2.45, 2.75) is 51.5 Å². The Balaban J connectivity index is 1.68. The fraction of sp³-hybridized carbons (Fsp3) is 0.857. The molecule has 3 rings (SSSR count). The van der Waals surface area contributed by atoms with Crippen molar-refractivity contribution in [3.63, 3.8) is 0 Å². The number of oxime groups is 1. The van der Waals surface area contributed by atoms with Gasteiger partial charge in [-0.3, -0.25) is 4.79 Å². The van der Waals surface area contributed by atoms with Crippen molar-refractivity contribution >= 4 is 11.7 Å². The zero-order valence-electron chi connectivity index (χ0n) is 11.4. The Morgan fingerprint density at radius 1 is 1.37 bits per heavy atom. The summed E-state index contributed by atoms with van der Waals surface area (Å²) >= 11 is 0. The van der Waals surface area contributed by atoms with Crippen molar-refractivity contribution in [3.8, 4) is 0 Å². The van der Waals surface area contributed by atoms with Crippen LogP contribution in [-0.2, 0) is 4.79 Å². The van der Waals surface area contributed by atoms with E-state index in [2.05, 4.69) is 17.4 Å². The van der Waals surface area contributed by atoms with Gasteiger partial charge in [0, 0.05) is 6.04 Å². The number of nitrogens with one attached hydrogen (secondary N) is 1. The van der Waals surface area contributed by atoms with Crippen LogP contribution >= 0.6 is 0 Å². The normalized spacial score (nSPS) is 45.0. The van der Waals surface area contributed by atoms with Crippen LogP contribution in [0.4, 0.5) is 0 Å². The van der Waals surface area contributed by atoms with Gasteiger partial charge in [-0.15, -0.1) is 0 Å².